The fourth-order valence-corrected chi connectivity index (χ4v) is 7.42. The highest BCUT2D eigenvalue weighted by molar-refractivity contribution is 7.18. The van der Waals surface area contributed by atoms with Crippen molar-refractivity contribution in [2.75, 3.05) is 18.4 Å². The Morgan fingerprint density at radius 3 is 2.64 bits per heavy atom. The topological polar surface area (TPSA) is 82.7 Å². The second kappa shape index (κ2) is 11.6. The quantitative estimate of drug-likeness (QED) is 0.204. The van der Waals surface area contributed by atoms with Gasteiger partial charge in [-0.3, -0.25) is 4.90 Å². The number of nitrogens with zero attached hydrogens (tertiary/aromatic N) is 6. The standard InChI is InChI=1S/C30H30F3N7S2/c1-18-20(3-4-27-25(18)11-23(14-34)40(27)10-7-22-16-41-19(2)37-22)15-39-8-5-21(6-9-39)38-28-26-12-24(13-30(31,32)33)42-29(26)36-17-35-28/h3-4,11-12,16-17,21H,5-10,13,15H2,1-2H3,(H,35,36,38). The van der Waals surface area contributed by atoms with Gasteiger partial charge in [0, 0.05) is 59.8 Å². The van der Waals surface area contributed by atoms with E-state index in [1.54, 1.807) is 17.4 Å². The zero-order chi connectivity index (χ0) is 29.4. The van der Waals surface area contributed by atoms with Crippen LogP contribution in [0.2, 0.25) is 0 Å². The van der Waals surface area contributed by atoms with Crippen molar-refractivity contribution < 1.29 is 13.2 Å². The summed E-state index contributed by atoms with van der Waals surface area (Å²) in [6.07, 6.45) is -1.20. The van der Waals surface area contributed by atoms with E-state index in [1.165, 1.54) is 17.5 Å². The van der Waals surface area contributed by atoms with E-state index >= 15 is 0 Å². The van der Waals surface area contributed by atoms with Crippen LogP contribution in [0.1, 0.15) is 45.2 Å². The summed E-state index contributed by atoms with van der Waals surface area (Å²) < 4.78 is 40.8. The number of nitrogens with one attached hydrogen (secondary N) is 1. The van der Waals surface area contributed by atoms with E-state index in [1.807, 2.05) is 13.0 Å². The third-order valence-corrected chi connectivity index (χ3v) is 9.78. The van der Waals surface area contributed by atoms with E-state index in [0.717, 1.165) is 71.8 Å². The fourth-order valence-electron chi connectivity index (χ4n) is 5.75. The van der Waals surface area contributed by atoms with Gasteiger partial charge in [-0.05, 0) is 56.0 Å². The van der Waals surface area contributed by atoms with E-state index in [2.05, 4.69) is 60.2 Å². The Hall–Kier alpha value is -3.53. The molecule has 42 heavy (non-hydrogen) atoms. The Kier molecular flexibility index (Phi) is 7.91. The van der Waals surface area contributed by atoms with Crippen LogP contribution in [0.5, 0.6) is 0 Å². The van der Waals surface area contributed by atoms with Gasteiger partial charge in [-0.15, -0.1) is 22.7 Å². The Bertz CT molecular complexity index is 1770. The summed E-state index contributed by atoms with van der Waals surface area (Å²) in [5.74, 6) is 0.604. The average Bonchev–Trinajstić information content (AvgIpc) is 3.65. The molecule has 6 rings (SSSR count). The highest BCUT2D eigenvalue weighted by atomic mass is 32.1. The van der Waals surface area contributed by atoms with Gasteiger partial charge < -0.3 is 9.88 Å². The monoisotopic (exact) mass is 609 g/mol. The summed E-state index contributed by atoms with van der Waals surface area (Å²) in [5.41, 5.74) is 5.24. The molecule has 0 unspecified atom stereocenters. The summed E-state index contributed by atoms with van der Waals surface area (Å²) >= 11 is 2.71. The largest absolute Gasteiger partial charge is 0.393 e. The molecule has 1 aliphatic heterocycles. The van der Waals surface area contributed by atoms with Crippen LogP contribution in [0.4, 0.5) is 19.0 Å². The Balaban J connectivity index is 1.10. The Morgan fingerprint density at radius 2 is 1.93 bits per heavy atom. The number of thiazole rings is 1. The number of thiophene rings is 1. The summed E-state index contributed by atoms with van der Waals surface area (Å²) in [6, 6.07) is 10.4. The van der Waals surface area contributed by atoms with E-state index in [0.29, 0.717) is 28.3 Å². The number of benzene rings is 1. The molecular formula is C30H30F3N7S2. The fraction of sp³-hybridized carbons (Fsp3) is 0.400. The number of halogens is 3. The second-order valence-electron chi connectivity index (χ2n) is 10.8. The number of alkyl halides is 3. The van der Waals surface area contributed by atoms with Crippen molar-refractivity contribution >= 4 is 49.6 Å². The van der Waals surface area contributed by atoms with Gasteiger partial charge in [0.1, 0.15) is 28.7 Å². The van der Waals surface area contributed by atoms with Gasteiger partial charge in [-0.25, -0.2) is 15.0 Å². The van der Waals surface area contributed by atoms with Crippen molar-refractivity contribution in [1.82, 2.24) is 24.4 Å². The SMILES string of the molecule is Cc1nc(CCn2c(C#N)cc3c(C)c(CN4CCC(Nc5ncnc6sc(CC(F)(F)F)cc56)CC4)ccc32)cs1. The third kappa shape index (κ3) is 6.14. The first kappa shape index (κ1) is 28.6. The minimum Gasteiger partial charge on any atom is -0.367 e. The molecule has 218 valence electrons. The highest BCUT2D eigenvalue weighted by Gasteiger charge is 2.29. The zero-order valence-electron chi connectivity index (χ0n) is 23.3. The van der Waals surface area contributed by atoms with E-state index in [9.17, 15) is 18.4 Å². The minimum atomic E-state index is -4.25. The summed E-state index contributed by atoms with van der Waals surface area (Å²) in [5, 5.41) is 18.2. The first-order chi connectivity index (χ1) is 20.2. The molecular weight excluding hydrogens is 580 g/mol. The van der Waals surface area contributed by atoms with Gasteiger partial charge in [0.25, 0.3) is 0 Å². The van der Waals surface area contributed by atoms with Crippen LogP contribution in [0.3, 0.4) is 0 Å². The normalized spacial score (nSPS) is 15.0. The number of rotatable bonds is 8. The van der Waals surface area contributed by atoms with Crippen LogP contribution < -0.4 is 5.32 Å². The van der Waals surface area contributed by atoms with Crippen molar-refractivity contribution in [3.8, 4) is 6.07 Å². The van der Waals surface area contributed by atoms with Gasteiger partial charge in [0.15, 0.2) is 0 Å². The number of likely N-dealkylation sites (tertiary alicyclic amines) is 1. The molecule has 1 aromatic carbocycles. The van der Waals surface area contributed by atoms with Crippen LogP contribution in [-0.4, -0.2) is 49.7 Å². The molecule has 12 heteroatoms. The number of fused-ring (bicyclic) bond motifs is 2. The maximum Gasteiger partial charge on any atom is 0.393 e. The lowest BCUT2D eigenvalue weighted by atomic mass is 10.0. The molecule has 0 aliphatic carbocycles. The van der Waals surface area contributed by atoms with Crippen LogP contribution in [0, 0.1) is 25.2 Å². The maximum absolute atomic E-state index is 12.9. The molecule has 5 aromatic rings. The molecule has 7 nitrogen and oxygen atoms in total. The van der Waals surface area contributed by atoms with Crippen molar-refractivity contribution in [2.45, 2.75) is 64.8 Å². The van der Waals surface area contributed by atoms with Crippen molar-refractivity contribution in [3.05, 3.63) is 68.4 Å². The van der Waals surface area contributed by atoms with Crippen LogP contribution >= 0.6 is 22.7 Å². The predicted octanol–water partition coefficient (Wildman–Crippen LogP) is 7.02. The molecule has 0 saturated carbocycles. The van der Waals surface area contributed by atoms with E-state index in [-0.39, 0.29) is 10.9 Å². The lowest BCUT2D eigenvalue weighted by Crippen LogP contribution is -2.39. The lowest BCUT2D eigenvalue weighted by molar-refractivity contribution is -0.126. The molecule has 5 heterocycles. The van der Waals surface area contributed by atoms with E-state index in [4.69, 9.17) is 0 Å². The molecule has 0 amide bonds. The Labute approximate surface area is 249 Å². The van der Waals surface area contributed by atoms with Gasteiger partial charge in [-0.1, -0.05) is 6.07 Å². The van der Waals surface area contributed by atoms with E-state index < -0.39 is 12.6 Å². The van der Waals surface area contributed by atoms with Gasteiger partial charge >= 0.3 is 6.18 Å². The van der Waals surface area contributed by atoms with Crippen molar-refractivity contribution in [2.24, 2.45) is 0 Å². The van der Waals surface area contributed by atoms with Crippen molar-refractivity contribution in [1.29, 1.82) is 5.26 Å². The lowest BCUT2D eigenvalue weighted by Gasteiger charge is -2.33. The third-order valence-electron chi connectivity index (χ3n) is 7.92. The molecule has 0 bridgehead atoms. The molecule has 0 radical (unpaired) electrons. The average molecular weight is 610 g/mol. The van der Waals surface area contributed by atoms with Crippen molar-refractivity contribution in [3.63, 3.8) is 0 Å². The van der Waals surface area contributed by atoms with Gasteiger partial charge in [0.05, 0.1) is 22.5 Å². The smallest absolute Gasteiger partial charge is 0.367 e. The number of aromatic nitrogens is 4. The molecule has 0 atom stereocenters. The van der Waals surface area contributed by atoms with Crippen LogP contribution in [0.15, 0.2) is 36.0 Å². The van der Waals surface area contributed by atoms with Gasteiger partial charge in [-0.2, -0.15) is 18.4 Å². The zero-order valence-corrected chi connectivity index (χ0v) is 25.0. The molecule has 1 fully saturated rings. The summed E-state index contributed by atoms with van der Waals surface area (Å²) in [7, 11) is 0. The molecule has 1 aliphatic rings. The first-order valence-corrected chi connectivity index (χ1v) is 15.6. The number of anilines is 1. The minimum absolute atomic E-state index is 0.183. The Morgan fingerprint density at radius 1 is 1.12 bits per heavy atom. The first-order valence-electron chi connectivity index (χ1n) is 13.9. The number of nitriles is 1. The van der Waals surface area contributed by atoms with Crippen LogP contribution in [-0.2, 0) is 25.9 Å². The number of piperidine rings is 1. The number of hydrogen-bond donors (Lipinski definition) is 1. The predicted molar refractivity (Wildman–Crippen MR) is 161 cm³/mol. The number of hydrogen-bond acceptors (Lipinski definition) is 8. The molecule has 4 aromatic heterocycles. The summed E-state index contributed by atoms with van der Waals surface area (Å²) in [6.45, 7) is 7.46. The van der Waals surface area contributed by atoms with Gasteiger partial charge in [0.2, 0.25) is 0 Å². The summed E-state index contributed by atoms with van der Waals surface area (Å²) in [4.78, 5) is 16.3. The molecule has 0 spiro atoms. The highest BCUT2D eigenvalue weighted by Crippen LogP contribution is 2.33. The second-order valence-corrected chi connectivity index (χ2v) is 13.0. The maximum atomic E-state index is 12.9. The molecule has 1 N–H and O–H groups in total. The number of aryl methyl sites for hydroxylation is 4. The molecule has 1 saturated heterocycles. The van der Waals surface area contributed by atoms with Crippen LogP contribution in [0.25, 0.3) is 21.1 Å².